The van der Waals surface area contributed by atoms with Gasteiger partial charge in [-0.05, 0) is 31.4 Å². The first-order valence-electron chi connectivity index (χ1n) is 6.82. The summed E-state index contributed by atoms with van der Waals surface area (Å²) < 4.78 is 0. The summed E-state index contributed by atoms with van der Waals surface area (Å²) in [6, 6.07) is 5.61. The number of allylic oxidation sites excluding steroid dienone is 2. The van der Waals surface area contributed by atoms with Gasteiger partial charge >= 0.3 is 0 Å². The van der Waals surface area contributed by atoms with Crippen molar-refractivity contribution in [3.63, 3.8) is 0 Å². The monoisotopic (exact) mass is 276 g/mol. The van der Waals surface area contributed by atoms with Crippen molar-refractivity contribution in [2.24, 2.45) is 0 Å². The van der Waals surface area contributed by atoms with Gasteiger partial charge in [-0.2, -0.15) is 0 Å². The molecule has 20 heavy (non-hydrogen) atoms. The number of hydrogen-bond acceptors (Lipinski definition) is 3. The number of carbonyl (C=O) groups is 1. The van der Waals surface area contributed by atoms with E-state index in [1.165, 1.54) is 24.3 Å². The zero-order chi connectivity index (χ0) is 14.8. The van der Waals surface area contributed by atoms with E-state index in [1.54, 1.807) is 0 Å². The van der Waals surface area contributed by atoms with Gasteiger partial charge in [0.1, 0.15) is 0 Å². The largest absolute Gasteiger partial charge is 0.352 e. The molecule has 0 unspecified atom stereocenters. The Morgan fingerprint density at radius 3 is 2.50 bits per heavy atom. The van der Waals surface area contributed by atoms with Crippen molar-refractivity contribution in [1.82, 2.24) is 5.32 Å². The summed E-state index contributed by atoms with van der Waals surface area (Å²) in [5.74, 6) is -0.197. The van der Waals surface area contributed by atoms with Crippen LogP contribution in [0.15, 0.2) is 36.4 Å². The molecule has 0 spiro atoms. The molecule has 0 bridgehead atoms. The highest BCUT2D eigenvalue weighted by Gasteiger charge is 2.08. The highest BCUT2D eigenvalue weighted by Crippen LogP contribution is 2.11. The maximum absolute atomic E-state index is 11.8. The number of carbonyl (C=O) groups excluding carboxylic acids is 1. The van der Waals surface area contributed by atoms with Crippen LogP contribution >= 0.6 is 0 Å². The minimum atomic E-state index is -0.482. The maximum atomic E-state index is 11.8. The second kappa shape index (κ2) is 8.85. The molecule has 0 fully saturated rings. The van der Waals surface area contributed by atoms with Crippen molar-refractivity contribution < 1.29 is 9.72 Å². The Morgan fingerprint density at radius 1 is 1.25 bits per heavy atom. The molecule has 1 amide bonds. The van der Waals surface area contributed by atoms with Gasteiger partial charge in [0.05, 0.1) is 4.92 Å². The van der Waals surface area contributed by atoms with Crippen LogP contribution < -0.4 is 5.32 Å². The molecule has 0 aliphatic heterocycles. The smallest absolute Gasteiger partial charge is 0.269 e. The molecule has 0 saturated heterocycles. The molecular weight excluding hydrogens is 256 g/mol. The van der Waals surface area contributed by atoms with Gasteiger partial charge in [0.2, 0.25) is 0 Å². The van der Waals surface area contributed by atoms with Crippen molar-refractivity contribution in [3.8, 4) is 0 Å². The van der Waals surface area contributed by atoms with Crippen LogP contribution in [0.1, 0.15) is 43.0 Å². The van der Waals surface area contributed by atoms with E-state index in [0.717, 1.165) is 25.7 Å². The van der Waals surface area contributed by atoms with Crippen LogP contribution in [0.5, 0.6) is 0 Å². The fourth-order valence-electron chi connectivity index (χ4n) is 1.66. The van der Waals surface area contributed by atoms with E-state index in [0.29, 0.717) is 12.1 Å². The first-order chi connectivity index (χ1) is 9.65. The van der Waals surface area contributed by atoms with Crippen molar-refractivity contribution >= 4 is 11.6 Å². The number of nitro groups is 1. The predicted molar refractivity (Wildman–Crippen MR) is 78.7 cm³/mol. The Hall–Kier alpha value is -2.17. The molecule has 0 saturated carbocycles. The SMILES string of the molecule is CCC/C=C/CCCNC(=O)c1ccc([N+](=O)[O-])cc1. The lowest BCUT2D eigenvalue weighted by Crippen LogP contribution is -2.24. The van der Waals surface area contributed by atoms with E-state index in [-0.39, 0.29) is 11.6 Å². The van der Waals surface area contributed by atoms with E-state index in [2.05, 4.69) is 24.4 Å². The molecule has 0 atom stereocenters. The van der Waals surface area contributed by atoms with Gasteiger partial charge in [0, 0.05) is 24.2 Å². The fourth-order valence-corrected chi connectivity index (χ4v) is 1.66. The molecule has 108 valence electrons. The van der Waals surface area contributed by atoms with Crippen molar-refractivity contribution in [1.29, 1.82) is 0 Å². The fraction of sp³-hybridized carbons (Fsp3) is 0.400. The first kappa shape index (κ1) is 15.9. The Morgan fingerprint density at radius 2 is 1.90 bits per heavy atom. The molecule has 0 heterocycles. The van der Waals surface area contributed by atoms with Crippen LogP contribution in [0, 0.1) is 10.1 Å². The number of nitrogens with zero attached hydrogens (tertiary/aromatic N) is 1. The minimum absolute atomic E-state index is 0.0115. The summed E-state index contributed by atoms with van der Waals surface area (Å²) in [4.78, 5) is 21.8. The lowest BCUT2D eigenvalue weighted by atomic mass is 10.2. The number of nitrogens with one attached hydrogen (secondary N) is 1. The molecule has 1 aromatic carbocycles. The zero-order valence-corrected chi connectivity index (χ0v) is 11.7. The molecule has 0 radical (unpaired) electrons. The highest BCUT2D eigenvalue weighted by molar-refractivity contribution is 5.94. The zero-order valence-electron chi connectivity index (χ0n) is 11.7. The molecule has 1 aromatic rings. The molecule has 1 N–H and O–H groups in total. The number of unbranched alkanes of at least 4 members (excludes halogenated alkanes) is 2. The summed E-state index contributed by atoms with van der Waals surface area (Å²) in [5.41, 5.74) is 0.430. The maximum Gasteiger partial charge on any atom is 0.269 e. The van der Waals surface area contributed by atoms with E-state index in [4.69, 9.17) is 0 Å². The van der Waals surface area contributed by atoms with Crippen LogP contribution in [0.2, 0.25) is 0 Å². The summed E-state index contributed by atoms with van der Waals surface area (Å²) in [5, 5.41) is 13.3. The number of hydrogen-bond donors (Lipinski definition) is 1. The number of nitro benzene ring substituents is 1. The normalized spacial score (nSPS) is 10.7. The molecular formula is C15H20N2O3. The van der Waals surface area contributed by atoms with Gasteiger partial charge in [-0.15, -0.1) is 0 Å². The van der Waals surface area contributed by atoms with Gasteiger partial charge in [-0.3, -0.25) is 14.9 Å². The van der Waals surface area contributed by atoms with E-state index < -0.39 is 4.92 Å². The van der Waals surface area contributed by atoms with Crippen LogP contribution in [0.25, 0.3) is 0 Å². The highest BCUT2D eigenvalue weighted by atomic mass is 16.6. The molecule has 0 aromatic heterocycles. The Balaban J connectivity index is 2.30. The third kappa shape index (κ3) is 5.65. The van der Waals surface area contributed by atoms with Gasteiger partial charge < -0.3 is 5.32 Å². The summed E-state index contributed by atoms with van der Waals surface area (Å²) in [6.07, 6.45) is 8.35. The standard InChI is InChI=1S/C15H20N2O3/c1-2-3-4-5-6-7-12-16-15(18)13-8-10-14(11-9-13)17(19)20/h4-5,8-11H,2-3,6-7,12H2,1H3,(H,16,18)/b5-4+. The Labute approximate surface area is 118 Å². The van der Waals surface area contributed by atoms with Crippen molar-refractivity contribution in [2.45, 2.75) is 32.6 Å². The average Bonchev–Trinajstić information content (AvgIpc) is 2.46. The third-order valence-corrected chi connectivity index (χ3v) is 2.80. The first-order valence-corrected chi connectivity index (χ1v) is 6.82. The minimum Gasteiger partial charge on any atom is -0.352 e. The van der Waals surface area contributed by atoms with Gasteiger partial charge in [0.25, 0.3) is 11.6 Å². The molecule has 5 heteroatoms. The summed E-state index contributed by atoms with van der Waals surface area (Å²) >= 11 is 0. The summed E-state index contributed by atoms with van der Waals surface area (Å²) in [7, 11) is 0. The van der Waals surface area contributed by atoms with Crippen LogP contribution in [-0.2, 0) is 0 Å². The average molecular weight is 276 g/mol. The van der Waals surface area contributed by atoms with Crippen LogP contribution in [0.4, 0.5) is 5.69 Å². The van der Waals surface area contributed by atoms with E-state index in [9.17, 15) is 14.9 Å². The van der Waals surface area contributed by atoms with Gasteiger partial charge in [0.15, 0.2) is 0 Å². The molecule has 0 aliphatic rings. The van der Waals surface area contributed by atoms with Gasteiger partial charge in [-0.25, -0.2) is 0 Å². The number of non-ortho nitro benzene ring substituents is 1. The second-order valence-corrected chi connectivity index (χ2v) is 4.46. The number of amides is 1. The van der Waals surface area contributed by atoms with E-state index in [1.807, 2.05) is 0 Å². The second-order valence-electron chi connectivity index (χ2n) is 4.46. The lowest BCUT2D eigenvalue weighted by molar-refractivity contribution is -0.384. The number of benzene rings is 1. The Kier molecular flexibility index (Phi) is 7.03. The molecule has 5 nitrogen and oxygen atoms in total. The lowest BCUT2D eigenvalue weighted by Gasteiger charge is -2.03. The quantitative estimate of drug-likeness (QED) is 0.342. The van der Waals surface area contributed by atoms with Crippen molar-refractivity contribution in [2.75, 3.05) is 6.54 Å². The van der Waals surface area contributed by atoms with Gasteiger partial charge in [-0.1, -0.05) is 25.5 Å². The topological polar surface area (TPSA) is 72.2 Å². The third-order valence-electron chi connectivity index (χ3n) is 2.80. The molecule has 0 aliphatic carbocycles. The number of rotatable bonds is 8. The summed E-state index contributed by atoms with van der Waals surface area (Å²) in [6.45, 7) is 2.74. The van der Waals surface area contributed by atoms with E-state index >= 15 is 0 Å². The Bertz CT molecular complexity index is 467. The molecule has 1 rings (SSSR count). The van der Waals surface area contributed by atoms with Crippen LogP contribution in [-0.4, -0.2) is 17.4 Å². The predicted octanol–water partition coefficient (Wildman–Crippen LogP) is 3.46. The van der Waals surface area contributed by atoms with Crippen LogP contribution in [0.3, 0.4) is 0 Å². The van der Waals surface area contributed by atoms with Crippen molar-refractivity contribution in [3.05, 3.63) is 52.1 Å².